The summed E-state index contributed by atoms with van der Waals surface area (Å²) in [6.45, 7) is 3.74. The van der Waals surface area contributed by atoms with E-state index in [-0.39, 0.29) is 24.2 Å². The van der Waals surface area contributed by atoms with E-state index in [1.165, 1.54) is 18.4 Å². The number of guanidine groups is 1. The monoisotopic (exact) mass is 341 g/mol. The van der Waals surface area contributed by atoms with Gasteiger partial charge in [0.1, 0.15) is 5.01 Å². The average molecular weight is 341 g/mol. The van der Waals surface area contributed by atoms with Crippen LogP contribution in [0.5, 0.6) is 0 Å². The minimum Gasteiger partial charge on any atom is -0.370 e. The first-order chi connectivity index (χ1) is 11.4. The molecule has 124 valence electrons. The van der Waals surface area contributed by atoms with Crippen LogP contribution in [0, 0.1) is 17.3 Å². The second-order valence-electron chi connectivity index (χ2n) is 5.35. The lowest BCUT2D eigenvalue weighted by Crippen LogP contribution is -2.38. The topological polar surface area (TPSA) is 96.0 Å². The SMILES string of the molecule is CC#Cc1cncc(-c2ncc([C@H](C)CC(=O)N(C)C(=N)N)s2)c1. The molecule has 0 fully saturated rings. The summed E-state index contributed by atoms with van der Waals surface area (Å²) >= 11 is 1.53. The maximum atomic E-state index is 12.0. The number of thiazole rings is 1. The number of carbonyl (C=O) groups excluding carboxylic acids is 1. The normalized spacial score (nSPS) is 11.3. The number of nitrogens with two attached hydrogens (primary N) is 1. The highest BCUT2D eigenvalue weighted by Crippen LogP contribution is 2.31. The number of hydrogen-bond acceptors (Lipinski definition) is 5. The Bertz CT molecular complexity index is 818. The van der Waals surface area contributed by atoms with Crippen molar-refractivity contribution in [2.75, 3.05) is 7.05 Å². The molecular weight excluding hydrogens is 322 g/mol. The average Bonchev–Trinajstić information content (AvgIpc) is 3.04. The molecule has 0 radical (unpaired) electrons. The largest absolute Gasteiger partial charge is 0.370 e. The third-order valence-corrected chi connectivity index (χ3v) is 4.76. The molecule has 2 aromatic heterocycles. The molecule has 6 nitrogen and oxygen atoms in total. The molecule has 7 heteroatoms. The third kappa shape index (κ3) is 4.18. The molecule has 24 heavy (non-hydrogen) atoms. The van der Waals surface area contributed by atoms with E-state index in [4.69, 9.17) is 11.1 Å². The number of carbonyl (C=O) groups is 1. The van der Waals surface area contributed by atoms with Crippen LogP contribution in [0.1, 0.15) is 36.6 Å². The molecule has 3 N–H and O–H groups in total. The van der Waals surface area contributed by atoms with Crippen LogP contribution in [0.4, 0.5) is 0 Å². The van der Waals surface area contributed by atoms with E-state index in [2.05, 4.69) is 21.8 Å². The molecule has 1 atom stereocenters. The van der Waals surface area contributed by atoms with Crippen molar-refractivity contribution in [1.29, 1.82) is 5.41 Å². The molecule has 2 heterocycles. The molecule has 0 aliphatic carbocycles. The molecule has 0 saturated carbocycles. The third-order valence-electron chi connectivity index (χ3n) is 3.48. The number of nitrogens with one attached hydrogen (secondary N) is 1. The molecule has 0 aliphatic rings. The van der Waals surface area contributed by atoms with Crippen molar-refractivity contribution in [3.05, 3.63) is 35.1 Å². The van der Waals surface area contributed by atoms with Gasteiger partial charge in [-0.2, -0.15) is 0 Å². The van der Waals surface area contributed by atoms with Crippen molar-refractivity contribution in [3.63, 3.8) is 0 Å². The van der Waals surface area contributed by atoms with E-state index in [1.54, 1.807) is 25.5 Å². The van der Waals surface area contributed by atoms with Crippen LogP contribution in [-0.2, 0) is 4.79 Å². The van der Waals surface area contributed by atoms with E-state index in [0.717, 1.165) is 25.9 Å². The lowest BCUT2D eigenvalue weighted by Gasteiger charge is -2.16. The molecular formula is C17H19N5OS. The van der Waals surface area contributed by atoms with Crippen LogP contribution in [0.2, 0.25) is 0 Å². The standard InChI is InChI=1S/C17H19N5OS/c1-4-5-12-7-13(9-20-8-12)16-21-10-14(24-16)11(2)6-15(23)22(3)17(18)19/h7-11H,6H2,1-3H3,(H3,18,19)/t11-/m1/s1. The summed E-state index contributed by atoms with van der Waals surface area (Å²) < 4.78 is 0. The van der Waals surface area contributed by atoms with Crippen LogP contribution in [0.3, 0.4) is 0 Å². The first-order valence-corrected chi connectivity index (χ1v) is 8.18. The minimum atomic E-state index is -0.253. The van der Waals surface area contributed by atoms with Gasteiger partial charge in [0.2, 0.25) is 5.91 Å². The summed E-state index contributed by atoms with van der Waals surface area (Å²) in [7, 11) is 1.50. The van der Waals surface area contributed by atoms with Gasteiger partial charge in [-0.3, -0.25) is 20.1 Å². The zero-order chi connectivity index (χ0) is 17.7. The molecule has 0 aromatic carbocycles. The summed E-state index contributed by atoms with van der Waals surface area (Å²) in [6, 6.07) is 1.95. The second-order valence-corrected chi connectivity index (χ2v) is 6.41. The van der Waals surface area contributed by atoms with Gasteiger partial charge in [-0.25, -0.2) is 4.98 Å². The Morgan fingerprint density at radius 3 is 2.88 bits per heavy atom. The van der Waals surface area contributed by atoms with Gasteiger partial charge in [0.05, 0.1) is 0 Å². The van der Waals surface area contributed by atoms with Gasteiger partial charge in [-0.1, -0.05) is 12.8 Å². The number of rotatable bonds is 4. The maximum Gasteiger partial charge on any atom is 0.229 e. The summed E-state index contributed by atoms with van der Waals surface area (Å²) in [5.74, 6) is 5.39. The van der Waals surface area contributed by atoms with Crippen molar-refractivity contribution in [3.8, 4) is 22.4 Å². The van der Waals surface area contributed by atoms with Crippen LogP contribution in [0.15, 0.2) is 24.7 Å². The van der Waals surface area contributed by atoms with Crippen molar-refractivity contribution in [1.82, 2.24) is 14.9 Å². The number of pyridine rings is 1. The number of aromatic nitrogens is 2. The quantitative estimate of drug-likeness (QED) is 0.507. The summed E-state index contributed by atoms with van der Waals surface area (Å²) in [6.07, 6.45) is 5.53. The first-order valence-electron chi connectivity index (χ1n) is 7.36. The fourth-order valence-corrected chi connectivity index (χ4v) is 3.00. The van der Waals surface area contributed by atoms with E-state index in [9.17, 15) is 4.79 Å². The molecule has 0 saturated heterocycles. The zero-order valence-electron chi connectivity index (χ0n) is 13.8. The van der Waals surface area contributed by atoms with E-state index in [1.807, 2.05) is 13.0 Å². The molecule has 0 bridgehead atoms. The van der Waals surface area contributed by atoms with Gasteiger partial charge in [0.15, 0.2) is 5.96 Å². The van der Waals surface area contributed by atoms with E-state index < -0.39 is 0 Å². The fraction of sp³-hybridized carbons (Fsp3) is 0.294. The molecule has 0 spiro atoms. The molecule has 2 aromatic rings. The summed E-state index contributed by atoms with van der Waals surface area (Å²) in [4.78, 5) is 22.8. The lowest BCUT2D eigenvalue weighted by molar-refractivity contribution is -0.126. The number of nitrogens with zero attached hydrogens (tertiary/aromatic N) is 3. The predicted molar refractivity (Wildman–Crippen MR) is 95.6 cm³/mol. The van der Waals surface area contributed by atoms with Gasteiger partial charge in [0.25, 0.3) is 0 Å². The van der Waals surface area contributed by atoms with Gasteiger partial charge >= 0.3 is 0 Å². The highest BCUT2D eigenvalue weighted by Gasteiger charge is 2.18. The van der Waals surface area contributed by atoms with Gasteiger partial charge in [-0.05, 0) is 13.0 Å². The smallest absolute Gasteiger partial charge is 0.229 e. The molecule has 0 aliphatic heterocycles. The Kier molecular flexibility index (Phi) is 5.66. The second kappa shape index (κ2) is 7.70. The highest BCUT2D eigenvalue weighted by molar-refractivity contribution is 7.15. The van der Waals surface area contributed by atoms with Crippen LogP contribution < -0.4 is 5.73 Å². The van der Waals surface area contributed by atoms with Crippen LogP contribution >= 0.6 is 11.3 Å². The van der Waals surface area contributed by atoms with E-state index in [0.29, 0.717) is 0 Å². The Morgan fingerprint density at radius 1 is 1.46 bits per heavy atom. The predicted octanol–water partition coefficient (Wildman–Crippen LogP) is 2.42. The number of hydrogen-bond donors (Lipinski definition) is 2. The van der Waals surface area contributed by atoms with Crippen molar-refractivity contribution < 1.29 is 4.79 Å². The Labute approximate surface area is 145 Å². The maximum absolute atomic E-state index is 12.0. The van der Waals surface area contributed by atoms with E-state index >= 15 is 0 Å². The lowest BCUT2D eigenvalue weighted by atomic mass is 10.1. The summed E-state index contributed by atoms with van der Waals surface area (Å²) in [5.41, 5.74) is 7.08. The van der Waals surface area contributed by atoms with Crippen molar-refractivity contribution >= 4 is 23.2 Å². The molecule has 2 rings (SSSR count). The fourth-order valence-electron chi connectivity index (χ4n) is 2.05. The Morgan fingerprint density at radius 2 is 2.21 bits per heavy atom. The van der Waals surface area contributed by atoms with Crippen LogP contribution in [0.25, 0.3) is 10.6 Å². The number of amides is 1. The highest BCUT2D eigenvalue weighted by atomic mass is 32.1. The molecule has 0 unspecified atom stereocenters. The summed E-state index contributed by atoms with van der Waals surface area (Å²) in [5, 5.41) is 8.15. The first kappa shape index (κ1) is 17.6. The Hall–Kier alpha value is -2.72. The van der Waals surface area contributed by atoms with Gasteiger partial charge in [0, 0.05) is 54.0 Å². The Balaban J connectivity index is 2.15. The molecule has 1 amide bonds. The van der Waals surface area contributed by atoms with Crippen molar-refractivity contribution in [2.45, 2.75) is 26.2 Å². The van der Waals surface area contributed by atoms with Gasteiger partial charge < -0.3 is 5.73 Å². The minimum absolute atomic E-state index is 0.00266. The van der Waals surface area contributed by atoms with Crippen LogP contribution in [-0.4, -0.2) is 33.8 Å². The van der Waals surface area contributed by atoms with Gasteiger partial charge in [-0.15, -0.1) is 17.3 Å². The van der Waals surface area contributed by atoms with Crippen molar-refractivity contribution in [2.24, 2.45) is 5.73 Å². The zero-order valence-corrected chi connectivity index (χ0v) is 14.6.